The molecule has 4 saturated carbocycles. The molecule has 0 aliphatic heterocycles. The summed E-state index contributed by atoms with van der Waals surface area (Å²) < 4.78 is 15.0. The number of nitrogens with one attached hydrogen (secondary N) is 2. The maximum atomic E-state index is 15.0. The number of H-pyrrole nitrogens is 1. The Balaban J connectivity index is 1.36. The van der Waals surface area contributed by atoms with E-state index in [9.17, 15) is 5.11 Å². The van der Waals surface area contributed by atoms with E-state index >= 15 is 4.39 Å². The number of aliphatic hydroxyl groups is 1. The van der Waals surface area contributed by atoms with E-state index in [2.05, 4.69) is 49.9 Å². The normalized spacial score (nSPS) is 43.2. The fourth-order valence-corrected chi connectivity index (χ4v) is 10.4. The first-order valence-electron chi connectivity index (χ1n) is 15.7. The van der Waals surface area contributed by atoms with E-state index in [0.29, 0.717) is 22.9 Å². The molecule has 4 aliphatic carbocycles. The first-order chi connectivity index (χ1) is 17.6. The molecule has 3 N–H and O–H groups in total. The van der Waals surface area contributed by atoms with Crippen LogP contribution in [-0.4, -0.2) is 33.3 Å². The average molecular weight is 516 g/mol. The van der Waals surface area contributed by atoms with Crippen molar-refractivity contribution in [2.75, 3.05) is 6.54 Å². The van der Waals surface area contributed by atoms with Crippen molar-refractivity contribution in [2.24, 2.45) is 46.3 Å². The highest BCUT2D eigenvalue weighted by molar-refractivity contribution is 5.18. The van der Waals surface area contributed by atoms with E-state index < -0.39 is 11.8 Å². The van der Waals surface area contributed by atoms with Crippen LogP contribution in [0.5, 0.6) is 0 Å². The minimum Gasteiger partial charge on any atom is -0.388 e. The first kappa shape index (κ1) is 27.6. The summed E-state index contributed by atoms with van der Waals surface area (Å²) in [6.45, 7) is 12.5. The average Bonchev–Trinajstić information content (AvgIpc) is 3.51. The summed E-state index contributed by atoms with van der Waals surface area (Å²) in [5.41, 5.74) is 0.0518. The third kappa shape index (κ3) is 4.72. The van der Waals surface area contributed by atoms with Gasteiger partial charge in [0, 0.05) is 24.2 Å². The summed E-state index contributed by atoms with van der Waals surface area (Å²) in [4.78, 5) is 7.01. The Labute approximate surface area is 225 Å². The van der Waals surface area contributed by atoms with Gasteiger partial charge in [0.25, 0.3) is 0 Å². The maximum absolute atomic E-state index is 15.0. The summed E-state index contributed by atoms with van der Waals surface area (Å²) in [5.74, 6) is 4.39. The van der Waals surface area contributed by atoms with Gasteiger partial charge in [-0.25, -0.2) is 9.37 Å². The van der Waals surface area contributed by atoms with Crippen molar-refractivity contribution in [1.82, 2.24) is 15.3 Å². The molecule has 210 valence electrons. The molecule has 1 heterocycles. The van der Waals surface area contributed by atoms with Crippen LogP contribution in [-0.2, 0) is 0 Å². The van der Waals surface area contributed by atoms with Gasteiger partial charge in [0.05, 0.1) is 17.6 Å². The van der Waals surface area contributed by atoms with E-state index in [4.69, 9.17) is 0 Å². The van der Waals surface area contributed by atoms with E-state index in [1.54, 1.807) is 12.5 Å². The number of rotatable bonds is 9. The Hall–Kier alpha value is -0.940. The topological polar surface area (TPSA) is 60.9 Å². The van der Waals surface area contributed by atoms with E-state index in [0.717, 1.165) is 49.4 Å². The number of imidazole rings is 1. The van der Waals surface area contributed by atoms with Gasteiger partial charge in [0.2, 0.25) is 0 Å². The number of fused-ring (bicyclic) bond motifs is 5. The SMILES string of the molecule is CC(C)CCC[C@@H](C)[C@H]1CC[C@H]2[C@@H]3C[C@@H](NCC(F)c4c[nH]cn4)[C@@]4(O)CCCC[C@]4(C)[C@H]3CC[C@]12C. The quantitative estimate of drug-likeness (QED) is 0.317. The second-order valence-electron chi connectivity index (χ2n) is 14.6. The second kappa shape index (κ2) is 10.6. The van der Waals surface area contributed by atoms with Gasteiger partial charge in [-0.1, -0.05) is 66.7 Å². The predicted octanol–water partition coefficient (Wildman–Crippen LogP) is 7.61. The zero-order chi connectivity index (χ0) is 26.4. The largest absolute Gasteiger partial charge is 0.388 e. The van der Waals surface area contributed by atoms with Gasteiger partial charge >= 0.3 is 0 Å². The lowest BCUT2D eigenvalue weighted by Crippen LogP contribution is -2.70. The van der Waals surface area contributed by atoms with Crippen LogP contribution in [0.3, 0.4) is 0 Å². The number of alkyl halides is 1. The van der Waals surface area contributed by atoms with Gasteiger partial charge in [-0.3, -0.25) is 0 Å². The lowest BCUT2D eigenvalue weighted by atomic mass is 9.42. The summed E-state index contributed by atoms with van der Waals surface area (Å²) in [6.07, 6.45) is 16.7. The summed E-state index contributed by atoms with van der Waals surface area (Å²) in [5, 5.41) is 16.0. The van der Waals surface area contributed by atoms with Crippen molar-refractivity contribution >= 4 is 0 Å². The van der Waals surface area contributed by atoms with Gasteiger partial charge in [-0.2, -0.15) is 0 Å². The summed E-state index contributed by atoms with van der Waals surface area (Å²) in [6, 6.07) is -0.0406. The van der Waals surface area contributed by atoms with Crippen molar-refractivity contribution < 1.29 is 9.50 Å². The van der Waals surface area contributed by atoms with Crippen LogP contribution in [0.1, 0.15) is 124 Å². The molecule has 4 nitrogen and oxygen atoms in total. The van der Waals surface area contributed by atoms with Gasteiger partial charge < -0.3 is 15.4 Å². The number of aromatic nitrogens is 2. The zero-order valence-electron chi connectivity index (χ0n) is 24.2. The van der Waals surface area contributed by atoms with Gasteiger partial charge in [-0.15, -0.1) is 0 Å². The Morgan fingerprint density at radius 3 is 2.59 bits per heavy atom. The highest BCUT2D eigenvalue weighted by Gasteiger charge is 2.66. The lowest BCUT2D eigenvalue weighted by molar-refractivity contribution is -0.220. The molecular formula is C32H54FN3O. The van der Waals surface area contributed by atoms with Crippen molar-refractivity contribution in [3.8, 4) is 0 Å². The second-order valence-corrected chi connectivity index (χ2v) is 14.6. The van der Waals surface area contributed by atoms with Crippen LogP contribution in [0.4, 0.5) is 4.39 Å². The minimum absolute atomic E-state index is 0.0406. The summed E-state index contributed by atoms with van der Waals surface area (Å²) in [7, 11) is 0. The molecule has 0 radical (unpaired) electrons. The number of hydrogen-bond acceptors (Lipinski definition) is 3. The van der Waals surface area contributed by atoms with Gasteiger partial charge in [0.15, 0.2) is 6.17 Å². The number of hydrogen-bond donors (Lipinski definition) is 3. The molecule has 4 fully saturated rings. The fourth-order valence-electron chi connectivity index (χ4n) is 10.4. The van der Waals surface area contributed by atoms with E-state index in [1.165, 1.54) is 51.4 Å². The van der Waals surface area contributed by atoms with Crippen molar-refractivity contribution in [3.63, 3.8) is 0 Å². The third-order valence-corrected chi connectivity index (χ3v) is 12.4. The van der Waals surface area contributed by atoms with Gasteiger partial charge in [0.1, 0.15) is 0 Å². The Morgan fingerprint density at radius 2 is 1.86 bits per heavy atom. The molecule has 5 heteroatoms. The fraction of sp³-hybridized carbons (Fsp3) is 0.906. The molecular weight excluding hydrogens is 461 g/mol. The zero-order valence-corrected chi connectivity index (χ0v) is 24.2. The Bertz CT molecular complexity index is 891. The molecule has 1 unspecified atom stereocenters. The van der Waals surface area contributed by atoms with Gasteiger partial charge in [-0.05, 0) is 85.9 Å². The molecule has 5 rings (SSSR count). The third-order valence-electron chi connectivity index (χ3n) is 12.4. The molecule has 37 heavy (non-hydrogen) atoms. The highest BCUT2D eigenvalue weighted by Crippen LogP contribution is 2.69. The number of nitrogens with zero attached hydrogens (tertiary/aromatic N) is 1. The smallest absolute Gasteiger partial charge is 0.156 e. The molecule has 1 aromatic heterocycles. The van der Waals surface area contributed by atoms with Crippen LogP contribution in [0, 0.1) is 46.3 Å². The predicted molar refractivity (Wildman–Crippen MR) is 149 cm³/mol. The molecule has 0 bridgehead atoms. The van der Waals surface area contributed by atoms with Crippen LogP contribution < -0.4 is 5.32 Å². The Morgan fingerprint density at radius 1 is 1.08 bits per heavy atom. The van der Waals surface area contributed by atoms with E-state index in [1.807, 2.05) is 0 Å². The highest BCUT2D eigenvalue weighted by atomic mass is 19.1. The van der Waals surface area contributed by atoms with Crippen molar-refractivity contribution in [2.45, 2.75) is 129 Å². The van der Waals surface area contributed by atoms with Crippen molar-refractivity contribution in [1.29, 1.82) is 0 Å². The number of halogens is 1. The first-order valence-corrected chi connectivity index (χ1v) is 15.7. The molecule has 0 aromatic carbocycles. The molecule has 0 saturated heterocycles. The molecule has 4 aliphatic rings. The van der Waals surface area contributed by atoms with Crippen LogP contribution in [0.2, 0.25) is 0 Å². The maximum Gasteiger partial charge on any atom is 0.156 e. The molecule has 0 amide bonds. The summed E-state index contributed by atoms with van der Waals surface area (Å²) >= 11 is 0. The monoisotopic (exact) mass is 515 g/mol. The lowest BCUT2D eigenvalue weighted by Gasteiger charge is -2.66. The minimum atomic E-state index is -1.15. The Kier molecular flexibility index (Phi) is 7.88. The van der Waals surface area contributed by atoms with Crippen molar-refractivity contribution in [3.05, 3.63) is 18.2 Å². The van der Waals surface area contributed by atoms with Crippen LogP contribution in [0.25, 0.3) is 0 Å². The van der Waals surface area contributed by atoms with Crippen LogP contribution >= 0.6 is 0 Å². The molecule has 1 aromatic rings. The standard InChI is InChI=1S/C32H54FN3O/c1-21(2)9-8-10-22(3)24-11-12-25-23-17-29(35-18-27(33)28-19-34-20-36-28)32(37)15-7-6-14-31(32,5)26(23)13-16-30(24,25)4/h19-27,29,35,37H,6-18H2,1-5H3,(H,34,36)/t22-,23+,24-,25+,26+,27?,29-,30-,31-,32+/m1/s1. The van der Waals surface area contributed by atoms with Crippen LogP contribution in [0.15, 0.2) is 12.5 Å². The molecule has 0 spiro atoms. The number of aromatic amines is 1. The molecule has 10 atom stereocenters. The van der Waals surface area contributed by atoms with E-state index in [-0.39, 0.29) is 18.0 Å².